The van der Waals surface area contributed by atoms with E-state index in [1.54, 1.807) is 0 Å². The molecule has 1 saturated heterocycles. The quantitative estimate of drug-likeness (QED) is 0.760. The van der Waals surface area contributed by atoms with Crippen molar-refractivity contribution in [3.63, 3.8) is 0 Å². The molecule has 0 bridgehead atoms. The summed E-state index contributed by atoms with van der Waals surface area (Å²) in [7, 11) is 0. The topological polar surface area (TPSA) is 46.8 Å². The summed E-state index contributed by atoms with van der Waals surface area (Å²) < 4.78 is 2.35. The number of aromatic nitrogens is 4. The summed E-state index contributed by atoms with van der Waals surface area (Å²) >= 11 is 0. The number of hydrogen-bond donors (Lipinski definition) is 0. The number of piperidine rings is 1. The average Bonchev–Trinajstić information content (AvgIpc) is 3.08. The molecule has 0 saturated carbocycles. The Kier molecular flexibility index (Phi) is 6.05. The van der Waals surface area contributed by atoms with Gasteiger partial charge in [-0.25, -0.2) is 15.0 Å². The molecule has 0 aromatic carbocycles. The molecular weight excluding hydrogens is 310 g/mol. The first kappa shape index (κ1) is 17.9. The number of imidazole rings is 1. The summed E-state index contributed by atoms with van der Waals surface area (Å²) in [5, 5.41) is 0. The third kappa shape index (κ3) is 4.39. The summed E-state index contributed by atoms with van der Waals surface area (Å²) in [4.78, 5) is 16.4. The summed E-state index contributed by atoms with van der Waals surface area (Å²) in [6.07, 6.45) is 11.1. The van der Waals surface area contributed by atoms with Crippen LogP contribution in [0, 0.1) is 6.92 Å². The van der Waals surface area contributed by atoms with E-state index in [0.29, 0.717) is 5.92 Å². The monoisotopic (exact) mass is 341 g/mol. The highest BCUT2D eigenvalue weighted by Crippen LogP contribution is 2.29. The molecule has 0 N–H and O–H groups in total. The van der Waals surface area contributed by atoms with Crippen molar-refractivity contribution in [3.8, 4) is 0 Å². The molecule has 0 radical (unpaired) electrons. The minimum Gasteiger partial charge on any atom is -0.356 e. The van der Waals surface area contributed by atoms with E-state index in [9.17, 15) is 0 Å². The summed E-state index contributed by atoms with van der Waals surface area (Å²) in [6, 6.07) is 2.18. The lowest BCUT2D eigenvalue weighted by Gasteiger charge is -2.33. The van der Waals surface area contributed by atoms with E-state index in [-0.39, 0.29) is 0 Å². The lowest BCUT2D eigenvalue weighted by atomic mass is 9.97. The molecule has 1 aliphatic rings. The Bertz CT molecular complexity index is 678. The van der Waals surface area contributed by atoms with Gasteiger partial charge in [0.25, 0.3) is 0 Å². The highest BCUT2D eigenvalue weighted by Gasteiger charge is 2.25. The first-order valence-corrected chi connectivity index (χ1v) is 9.81. The lowest BCUT2D eigenvalue weighted by Crippen LogP contribution is -2.36. The molecule has 1 atom stereocenters. The molecule has 0 spiro atoms. The van der Waals surface area contributed by atoms with Crippen molar-refractivity contribution in [1.29, 1.82) is 0 Å². The zero-order valence-corrected chi connectivity index (χ0v) is 15.9. The van der Waals surface area contributed by atoms with Crippen LogP contribution in [0.1, 0.15) is 69.2 Å². The highest BCUT2D eigenvalue weighted by atomic mass is 15.2. The molecule has 0 unspecified atom stereocenters. The molecule has 1 fully saturated rings. The Morgan fingerprint density at radius 2 is 2.08 bits per heavy atom. The van der Waals surface area contributed by atoms with Crippen LogP contribution >= 0.6 is 0 Å². The smallest absolute Gasteiger partial charge is 0.132 e. The number of hydrogen-bond acceptors (Lipinski definition) is 4. The maximum absolute atomic E-state index is 4.72. The molecule has 0 aliphatic carbocycles. The number of anilines is 1. The van der Waals surface area contributed by atoms with Gasteiger partial charge in [0, 0.05) is 49.7 Å². The standard InChI is InChI=1S/C20H31N5/c1-4-6-11-24-13-10-21-20(24)17-9-7-12-25(15-17)19-14-18(8-5-2)22-16(3)23-19/h10,13-14,17H,4-9,11-12,15H2,1-3H3/t17-/m1/s1. The molecule has 2 aromatic rings. The van der Waals surface area contributed by atoms with Crippen molar-refractivity contribution < 1.29 is 0 Å². The minimum absolute atomic E-state index is 0.491. The summed E-state index contributed by atoms with van der Waals surface area (Å²) in [5.41, 5.74) is 1.16. The van der Waals surface area contributed by atoms with Crippen LogP contribution in [0.15, 0.2) is 18.5 Å². The first-order chi connectivity index (χ1) is 12.2. The number of unbranched alkanes of at least 4 members (excludes halogenated alkanes) is 1. The predicted octanol–water partition coefficient (Wildman–Crippen LogP) is 4.12. The van der Waals surface area contributed by atoms with Gasteiger partial charge in [-0.1, -0.05) is 26.7 Å². The molecule has 5 heteroatoms. The van der Waals surface area contributed by atoms with Crippen molar-refractivity contribution in [2.75, 3.05) is 18.0 Å². The van der Waals surface area contributed by atoms with Gasteiger partial charge in [-0.05, 0) is 32.6 Å². The van der Waals surface area contributed by atoms with Gasteiger partial charge in [-0.3, -0.25) is 0 Å². The Labute approximate surface area is 151 Å². The van der Waals surface area contributed by atoms with E-state index in [0.717, 1.165) is 49.8 Å². The third-order valence-corrected chi connectivity index (χ3v) is 4.99. The molecule has 1 aliphatic heterocycles. The van der Waals surface area contributed by atoms with E-state index in [4.69, 9.17) is 4.98 Å². The van der Waals surface area contributed by atoms with Crippen LogP contribution in [0.3, 0.4) is 0 Å². The maximum Gasteiger partial charge on any atom is 0.132 e. The molecule has 5 nitrogen and oxygen atoms in total. The molecule has 3 heterocycles. The zero-order chi connectivity index (χ0) is 17.6. The molecule has 136 valence electrons. The van der Waals surface area contributed by atoms with Crippen LogP contribution in [-0.4, -0.2) is 32.6 Å². The van der Waals surface area contributed by atoms with Crippen LogP contribution in [0.5, 0.6) is 0 Å². The third-order valence-electron chi connectivity index (χ3n) is 4.99. The number of aryl methyl sites for hydroxylation is 3. The summed E-state index contributed by atoms with van der Waals surface area (Å²) in [5.74, 6) is 3.71. The Hall–Kier alpha value is -1.91. The van der Waals surface area contributed by atoms with Crippen LogP contribution in [0.2, 0.25) is 0 Å². The normalized spacial score (nSPS) is 17.9. The van der Waals surface area contributed by atoms with Gasteiger partial charge in [0.1, 0.15) is 17.5 Å². The fourth-order valence-electron chi connectivity index (χ4n) is 3.75. The van der Waals surface area contributed by atoms with E-state index in [2.05, 4.69) is 45.5 Å². The zero-order valence-electron chi connectivity index (χ0n) is 15.9. The van der Waals surface area contributed by atoms with Gasteiger partial charge in [0.15, 0.2) is 0 Å². The van der Waals surface area contributed by atoms with Crippen molar-refractivity contribution in [1.82, 2.24) is 19.5 Å². The van der Waals surface area contributed by atoms with Crippen LogP contribution in [0.4, 0.5) is 5.82 Å². The lowest BCUT2D eigenvalue weighted by molar-refractivity contribution is 0.463. The van der Waals surface area contributed by atoms with E-state index in [1.807, 2.05) is 13.1 Å². The first-order valence-electron chi connectivity index (χ1n) is 9.81. The molecule has 0 amide bonds. The van der Waals surface area contributed by atoms with Gasteiger partial charge in [0.2, 0.25) is 0 Å². The van der Waals surface area contributed by atoms with E-state index >= 15 is 0 Å². The fourth-order valence-corrected chi connectivity index (χ4v) is 3.75. The van der Waals surface area contributed by atoms with Gasteiger partial charge in [-0.2, -0.15) is 0 Å². The molecule has 3 rings (SSSR count). The van der Waals surface area contributed by atoms with Gasteiger partial charge >= 0.3 is 0 Å². The molecule has 2 aromatic heterocycles. The Morgan fingerprint density at radius 1 is 1.20 bits per heavy atom. The van der Waals surface area contributed by atoms with Crippen LogP contribution in [-0.2, 0) is 13.0 Å². The Balaban J connectivity index is 1.76. The second-order valence-corrected chi connectivity index (χ2v) is 7.13. The fraction of sp³-hybridized carbons (Fsp3) is 0.650. The second-order valence-electron chi connectivity index (χ2n) is 7.13. The highest BCUT2D eigenvalue weighted by molar-refractivity contribution is 5.41. The van der Waals surface area contributed by atoms with Gasteiger partial charge in [0.05, 0.1) is 0 Å². The van der Waals surface area contributed by atoms with E-state index in [1.165, 1.54) is 31.5 Å². The Morgan fingerprint density at radius 3 is 2.88 bits per heavy atom. The van der Waals surface area contributed by atoms with Crippen LogP contribution < -0.4 is 4.90 Å². The largest absolute Gasteiger partial charge is 0.356 e. The van der Waals surface area contributed by atoms with Gasteiger partial charge in [-0.15, -0.1) is 0 Å². The SMILES string of the molecule is CCCCn1ccnc1[C@@H]1CCCN(c2cc(CCC)nc(C)n2)C1. The second kappa shape index (κ2) is 8.45. The molecular formula is C20H31N5. The van der Waals surface area contributed by atoms with E-state index < -0.39 is 0 Å². The number of rotatable bonds is 7. The maximum atomic E-state index is 4.72. The van der Waals surface area contributed by atoms with Crippen molar-refractivity contribution >= 4 is 5.82 Å². The summed E-state index contributed by atoms with van der Waals surface area (Å²) in [6.45, 7) is 9.60. The van der Waals surface area contributed by atoms with Crippen molar-refractivity contribution in [3.05, 3.63) is 35.8 Å². The average molecular weight is 342 g/mol. The number of nitrogens with zero attached hydrogens (tertiary/aromatic N) is 5. The van der Waals surface area contributed by atoms with Crippen molar-refractivity contribution in [2.24, 2.45) is 0 Å². The van der Waals surface area contributed by atoms with Crippen LogP contribution in [0.25, 0.3) is 0 Å². The minimum atomic E-state index is 0.491. The van der Waals surface area contributed by atoms with Gasteiger partial charge < -0.3 is 9.47 Å². The predicted molar refractivity (Wildman–Crippen MR) is 102 cm³/mol. The molecule has 25 heavy (non-hydrogen) atoms. The van der Waals surface area contributed by atoms with Crippen molar-refractivity contribution in [2.45, 2.75) is 71.8 Å².